The van der Waals surface area contributed by atoms with Gasteiger partial charge in [0.25, 0.3) is 11.7 Å². The summed E-state index contributed by atoms with van der Waals surface area (Å²) in [6.45, 7) is 3.02. The average molecular weight is 409 g/mol. The van der Waals surface area contributed by atoms with Crippen molar-refractivity contribution in [1.29, 1.82) is 0 Å². The molecule has 1 aromatic carbocycles. The number of ketones is 1. The third kappa shape index (κ3) is 4.21. The summed E-state index contributed by atoms with van der Waals surface area (Å²) in [5, 5.41) is 11.1. The van der Waals surface area contributed by atoms with Crippen LogP contribution in [-0.2, 0) is 9.59 Å². The second-order valence-corrected chi connectivity index (χ2v) is 7.59. The van der Waals surface area contributed by atoms with Gasteiger partial charge in [-0.1, -0.05) is 6.07 Å². The van der Waals surface area contributed by atoms with Crippen molar-refractivity contribution in [2.24, 2.45) is 0 Å². The number of aliphatic hydroxyl groups is 1. The summed E-state index contributed by atoms with van der Waals surface area (Å²) in [4.78, 5) is 33.7. The first kappa shape index (κ1) is 21.5. The zero-order valence-corrected chi connectivity index (χ0v) is 17.8. The first-order valence-corrected chi connectivity index (χ1v) is 9.84. The molecule has 1 N–H and O–H groups in total. The Bertz CT molecular complexity index is 970. The Morgan fingerprint density at radius 3 is 2.60 bits per heavy atom. The van der Waals surface area contributed by atoms with E-state index in [-0.39, 0.29) is 11.3 Å². The van der Waals surface area contributed by atoms with Gasteiger partial charge in [-0.15, -0.1) is 0 Å². The lowest BCUT2D eigenvalue weighted by molar-refractivity contribution is -0.140. The summed E-state index contributed by atoms with van der Waals surface area (Å²) in [6.07, 6.45) is 2.32. The first-order valence-electron chi connectivity index (χ1n) is 9.84. The van der Waals surface area contributed by atoms with E-state index in [1.54, 1.807) is 49.7 Å². The predicted molar refractivity (Wildman–Crippen MR) is 114 cm³/mol. The number of pyridine rings is 1. The van der Waals surface area contributed by atoms with Crippen LogP contribution in [0.15, 0.2) is 48.2 Å². The minimum absolute atomic E-state index is 0.0631. The molecular formula is C23H27N3O4. The molecule has 1 aromatic heterocycles. The maximum Gasteiger partial charge on any atom is 0.295 e. The summed E-state index contributed by atoms with van der Waals surface area (Å²) in [7, 11) is 5.48. The quantitative estimate of drug-likeness (QED) is 0.430. The second-order valence-electron chi connectivity index (χ2n) is 7.59. The highest BCUT2D eigenvalue weighted by atomic mass is 16.5. The van der Waals surface area contributed by atoms with E-state index in [4.69, 9.17) is 4.74 Å². The number of Topliss-reactive ketones (excluding diaryl/α,β-unsaturated/α-hetero) is 1. The number of methoxy groups -OCH3 is 1. The Labute approximate surface area is 176 Å². The van der Waals surface area contributed by atoms with Crippen molar-refractivity contribution in [3.8, 4) is 5.75 Å². The third-order valence-electron chi connectivity index (χ3n) is 5.18. The molecule has 1 aliphatic rings. The Hall–Kier alpha value is -3.19. The molecule has 0 saturated carbocycles. The van der Waals surface area contributed by atoms with Crippen molar-refractivity contribution in [2.45, 2.75) is 19.4 Å². The number of aromatic nitrogens is 1. The van der Waals surface area contributed by atoms with Crippen molar-refractivity contribution in [1.82, 2.24) is 14.8 Å². The molecule has 3 rings (SSSR count). The predicted octanol–water partition coefficient (Wildman–Crippen LogP) is 2.77. The van der Waals surface area contributed by atoms with E-state index < -0.39 is 17.7 Å². The third-order valence-corrected chi connectivity index (χ3v) is 5.18. The van der Waals surface area contributed by atoms with Crippen molar-refractivity contribution in [3.63, 3.8) is 0 Å². The van der Waals surface area contributed by atoms with Crippen LogP contribution < -0.4 is 4.74 Å². The normalized spacial score (nSPS) is 18.3. The molecule has 0 aliphatic carbocycles. The Balaban J connectivity index is 2.08. The van der Waals surface area contributed by atoms with Gasteiger partial charge in [0.05, 0.1) is 18.4 Å². The molecule has 2 heterocycles. The fourth-order valence-electron chi connectivity index (χ4n) is 3.69. The number of carbonyl (C=O) groups is 2. The Morgan fingerprint density at radius 2 is 2.00 bits per heavy atom. The summed E-state index contributed by atoms with van der Waals surface area (Å²) in [5.41, 5.74) is 1.89. The van der Waals surface area contributed by atoms with Crippen LogP contribution in [0.5, 0.6) is 5.75 Å². The second kappa shape index (κ2) is 9.09. The van der Waals surface area contributed by atoms with Crippen LogP contribution in [0.25, 0.3) is 5.76 Å². The van der Waals surface area contributed by atoms with E-state index in [1.807, 2.05) is 25.9 Å². The monoisotopic (exact) mass is 409 g/mol. The van der Waals surface area contributed by atoms with Gasteiger partial charge >= 0.3 is 0 Å². The van der Waals surface area contributed by atoms with Gasteiger partial charge in [0.15, 0.2) is 0 Å². The number of aryl methyl sites for hydroxylation is 1. The highest BCUT2D eigenvalue weighted by molar-refractivity contribution is 6.46. The molecule has 1 atom stereocenters. The number of carbonyl (C=O) groups excluding carboxylic acids is 2. The van der Waals surface area contributed by atoms with Gasteiger partial charge in [-0.2, -0.15) is 0 Å². The lowest BCUT2D eigenvalue weighted by Crippen LogP contribution is -2.32. The van der Waals surface area contributed by atoms with E-state index in [9.17, 15) is 14.7 Å². The van der Waals surface area contributed by atoms with Crippen molar-refractivity contribution < 1.29 is 19.4 Å². The number of ether oxygens (including phenoxy) is 1. The fraction of sp³-hybridized carbons (Fsp3) is 0.348. The number of hydrogen-bond donors (Lipinski definition) is 1. The highest BCUT2D eigenvalue weighted by Crippen LogP contribution is 2.39. The van der Waals surface area contributed by atoms with Gasteiger partial charge in [0, 0.05) is 18.3 Å². The molecular weight excluding hydrogens is 382 g/mol. The smallest absolute Gasteiger partial charge is 0.295 e. The molecule has 0 bridgehead atoms. The zero-order valence-electron chi connectivity index (χ0n) is 17.8. The minimum Gasteiger partial charge on any atom is -0.507 e. The van der Waals surface area contributed by atoms with E-state index in [0.29, 0.717) is 30.0 Å². The highest BCUT2D eigenvalue weighted by Gasteiger charge is 2.46. The number of rotatable bonds is 7. The zero-order chi connectivity index (χ0) is 21.8. The number of hydrogen-bond acceptors (Lipinski definition) is 6. The topological polar surface area (TPSA) is 83.0 Å². The van der Waals surface area contributed by atoms with Crippen LogP contribution >= 0.6 is 0 Å². The molecule has 0 spiro atoms. The molecule has 1 unspecified atom stereocenters. The van der Waals surface area contributed by atoms with E-state index in [1.165, 1.54) is 4.90 Å². The molecule has 1 aliphatic heterocycles. The molecule has 1 fully saturated rings. The first-order chi connectivity index (χ1) is 14.3. The molecule has 7 nitrogen and oxygen atoms in total. The largest absolute Gasteiger partial charge is 0.507 e. The van der Waals surface area contributed by atoms with Crippen molar-refractivity contribution in [3.05, 3.63) is 65.0 Å². The molecule has 0 radical (unpaired) electrons. The summed E-state index contributed by atoms with van der Waals surface area (Å²) in [6, 6.07) is 9.76. The lowest BCUT2D eigenvalue weighted by atomic mass is 9.97. The molecule has 7 heteroatoms. The van der Waals surface area contributed by atoms with Gasteiger partial charge in [-0.05, 0) is 69.9 Å². The van der Waals surface area contributed by atoms with Crippen molar-refractivity contribution in [2.75, 3.05) is 34.3 Å². The standard InChI is InChI=1S/C23H27N3O4/c1-15-14-16(9-10-18(15)30-4)21(27)19-20(17-8-5-6-11-24-17)26(23(29)22(19)28)13-7-12-25(2)3/h5-6,8-11,14,20,27H,7,12-13H2,1-4H3. The number of benzene rings is 1. The fourth-order valence-corrected chi connectivity index (χ4v) is 3.69. The van der Waals surface area contributed by atoms with Gasteiger partial charge < -0.3 is 19.6 Å². The molecule has 2 aromatic rings. The Morgan fingerprint density at radius 1 is 1.23 bits per heavy atom. The van der Waals surface area contributed by atoms with E-state index in [0.717, 1.165) is 12.1 Å². The van der Waals surface area contributed by atoms with Crippen LogP contribution in [0.2, 0.25) is 0 Å². The summed E-state index contributed by atoms with van der Waals surface area (Å²) >= 11 is 0. The SMILES string of the molecule is COc1ccc(C(O)=C2C(=O)C(=O)N(CCCN(C)C)C2c2ccccn2)cc1C. The minimum atomic E-state index is -0.726. The van der Waals surface area contributed by atoms with E-state index >= 15 is 0 Å². The summed E-state index contributed by atoms with van der Waals surface area (Å²) < 4.78 is 5.27. The van der Waals surface area contributed by atoms with Gasteiger partial charge in [0.2, 0.25) is 0 Å². The van der Waals surface area contributed by atoms with Crippen LogP contribution in [0.4, 0.5) is 0 Å². The number of amides is 1. The maximum absolute atomic E-state index is 12.9. The molecule has 1 amide bonds. The molecule has 1 saturated heterocycles. The van der Waals surface area contributed by atoms with Crippen LogP contribution in [0, 0.1) is 6.92 Å². The van der Waals surface area contributed by atoms with Crippen LogP contribution in [0.3, 0.4) is 0 Å². The van der Waals surface area contributed by atoms with Crippen LogP contribution in [0.1, 0.15) is 29.3 Å². The Kier molecular flexibility index (Phi) is 6.52. The number of likely N-dealkylation sites (tertiary alicyclic amines) is 1. The maximum atomic E-state index is 12.9. The van der Waals surface area contributed by atoms with Gasteiger partial charge in [-0.3, -0.25) is 14.6 Å². The number of aliphatic hydroxyl groups excluding tert-OH is 1. The van der Waals surface area contributed by atoms with Crippen LogP contribution in [-0.4, -0.2) is 65.9 Å². The van der Waals surface area contributed by atoms with Gasteiger partial charge in [0.1, 0.15) is 17.6 Å². The molecule has 158 valence electrons. The van der Waals surface area contributed by atoms with Crippen molar-refractivity contribution >= 4 is 17.4 Å². The lowest BCUT2D eigenvalue weighted by Gasteiger charge is -2.25. The van der Waals surface area contributed by atoms with Gasteiger partial charge in [-0.25, -0.2) is 0 Å². The van der Waals surface area contributed by atoms with E-state index in [2.05, 4.69) is 4.98 Å². The molecule has 30 heavy (non-hydrogen) atoms. The average Bonchev–Trinajstić information content (AvgIpc) is 2.98. The summed E-state index contributed by atoms with van der Waals surface area (Å²) in [5.74, 6) is -0.834. The number of nitrogens with zero attached hydrogens (tertiary/aromatic N) is 3.